The molecule has 1 aromatic heterocycles. The molecule has 0 amide bonds. The number of sulfonamides is 1. The van der Waals surface area contributed by atoms with Crippen molar-refractivity contribution in [2.24, 2.45) is 0 Å². The summed E-state index contributed by atoms with van der Waals surface area (Å²) < 4.78 is 34.4. The molecule has 202 valence electrons. The summed E-state index contributed by atoms with van der Waals surface area (Å²) in [7, 11) is -3.35. The van der Waals surface area contributed by atoms with Crippen LogP contribution in [0.2, 0.25) is 5.02 Å². The van der Waals surface area contributed by atoms with Crippen molar-refractivity contribution in [1.82, 2.24) is 14.1 Å². The summed E-state index contributed by atoms with van der Waals surface area (Å²) in [5.74, 6) is 0.196. The van der Waals surface area contributed by atoms with Crippen LogP contribution < -0.4 is 20.9 Å². The van der Waals surface area contributed by atoms with E-state index in [1.807, 2.05) is 29.2 Å². The van der Waals surface area contributed by atoms with Crippen molar-refractivity contribution in [2.75, 3.05) is 43.4 Å². The number of nitrogens with two attached hydrogens (primary N) is 1. The summed E-state index contributed by atoms with van der Waals surface area (Å²) >= 11 is 6.18. The molecule has 0 atom stereocenters. The number of hydrogen-bond donors (Lipinski definition) is 1. The Morgan fingerprint density at radius 2 is 1.76 bits per heavy atom. The molecule has 2 aromatic carbocycles. The Balaban J connectivity index is 1.46. The molecule has 0 bridgehead atoms. The van der Waals surface area contributed by atoms with Gasteiger partial charge in [0.25, 0.3) is 0 Å². The van der Waals surface area contributed by atoms with E-state index < -0.39 is 20.8 Å². The smallest absolute Gasteiger partial charge is 0.316 e. The van der Waals surface area contributed by atoms with E-state index in [-0.39, 0.29) is 11.2 Å². The molecule has 3 aromatic rings. The van der Waals surface area contributed by atoms with Gasteiger partial charge in [0.15, 0.2) is 0 Å². The number of halogens is 1. The van der Waals surface area contributed by atoms with E-state index in [9.17, 15) is 13.2 Å². The van der Waals surface area contributed by atoms with E-state index in [0.29, 0.717) is 54.9 Å². The van der Waals surface area contributed by atoms with Crippen molar-refractivity contribution in [3.63, 3.8) is 0 Å². The van der Waals surface area contributed by atoms with Gasteiger partial charge in [-0.15, -0.1) is 0 Å². The molecular formula is C27H32ClN5O4S. The number of ether oxygens (including phenoxy) is 1. The third-order valence-corrected chi connectivity index (χ3v) is 9.88. The molecule has 2 heterocycles. The summed E-state index contributed by atoms with van der Waals surface area (Å²) in [4.78, 5) is 15.7. The van der Waals surface area contributed by atoms with E-state index in [1.165, 1.54) is 8.99 Å². The fourth-order valence-electron chi connectivity index (χ4n) is 4.78. The van der Waals surface area contributed by atoms with Crippen LogP contribution in [-0.2, 0) is 15.4 Å². The molecule has 5 rings (SSSR count). The van der Waals surface area contributed by atoms with Crippen LogP contribution in [0.5, 0.6) is 5.75 Å². The van der Waals surface area contributed by atoms with Gasteiger partial charge in [-0.05, 0) is 62.6 Å². The molecule has 2 fully saturated rings. The normalized spacial score (nSPS) is 17.5. The summed E-state index contributed by atoms with van der Waals surface area (Å²) in [5, 5.41) is 4.43. The van der Waals surface area contributed by atoms with Gasteiger partial charge in [0.05, 0.1) is 23.7 Å². The molecule has 1 aliphatic heterocycles. The second kappa shape index (κ2) is 10.2. The van der Waals surface area contributed by atoms with Gasteiger partial charge in [0.1, 0.15) is 5.69 Å². The van der Waals surface area contributed by atoms with Crippen LogP contribution in [0.3, 0.4) is 0 Å². The topological polar surface area (TPSA) is 111 Å². The average molecular weight is 558 g/mol. The average Bonchev–Trinajstić information content (AvgIpc) is 3.69. The fraction of sp³-hybridized carbons (Fsp3) is 0.407. The Hall–Kier alpha value is -3.08. The first kappa shape index (κ1) is 26.5. The van der Waals surface area contributed by atoms with Crippen molar-refractivity contribution in [3.05, 3.63) is 75.7 Å². The largest absolute Gasteiger partial charge is 0.485 e. The van der Waals surface area contributed by atoms with Crippen molar-refractivity contribution in [2.45, 2.75) is 37.4 Å². The highest BCUT2D eigenvalue weighted by Gasteiger charge is 2.45. The van der Waals surface area contributed by atoms with Crippen molar-refractivity contribution in [1.29, 1.82) is 0 Å². The first-order valence-corrected chi connectivity index (χ1v) is 14.6. The van der Waals surface area contributed by atoms with Crippen LogP contribution in [0.15, 0.2) is 59.5 Å². The van der Waals surface area contributed by atoms with Crippen LogP contribution in [0.4, 0.5) is 11.4 Å². The summed E-state index contributed by atoms with van der Waals surface area (Å²) in [6.45, 7) is 5.20. The molecule has 9 nitrogen and oxygen atoms in total. The van der Waals surface area contributed by atoms with Crippen LogP contribution in [0.1, 0.15) is 32.3 Å². The van der Waals surface area contributed by atoms with Gasteiger partial charge in [-0.1, -0.05) is 29.8 Å². The van der Waals surface area contributed by atoms with Crippen molar-refractivity contribution in [3.8, 4) is 11.4 Å². The summed E-state index contributed by atoms with van der Waals surface area (Å²) in [6, 6.07) is 14.7. The Morgan fingerprint density at radius 3 is 2.37 bits per heavy atom. The molecular weight excluding hydrogens is 526 g/mol. The molecule has 2 aliphatic rings. The number of rotatable bonds is 8. The van der Waals surface area contributed by atoms with Crippen LogP contribution in [0.25, 0.3) is 5.69 Å². The number of anilines is 2. The van der Waals surface area contributed by atoms with Gasteiger partial charge in [-0.25, -0.2) is 8.42 Å². The zero-order chi connectivity index (χ0) is 27.1. The van der Waals surface area contributed by atoms with E-state index in [0.717, 1.165) is 18.4 Å². The van der Waals surface area contributed by atoms with Crippen LogP contribution >= 0.6 is 11.6 Å². The standard InChI is InChI=1S/C27H32ClN5O4S/c1-19(2)38(35,36)32-14-12-31(13-15-32)24-17-30-33(23-5-3-4-21(28)16-23)26(34)25(24)37-18-27(10-11-27)20-6-8-22(29)9-7-20/h3-9,16-17,19H,10-15,18,29H2,1-2H3. The minimum absolute atomic E-state index is 0.175. The van der Waals surface area contributed by atoms with Gasteiger partial charge in [0, 0.05) is 42.3 Å². The first-order chi connectivity index (χ1) is 18.1. The minimum Gasteiger partial charge on any atom is -0.485 e. The second-order valence-corrected chi connectivity index (χ2v) is 13.2. The van der Waals surface area contributed by atoms with E-state index in [2.05, 4.69) is 5.10 Å². The highest BCUT2D eigenvalue weighted by Crippen LogP contribution is 2.48. The van der Waals surface area contributed by atoms with E-state index in [1.54, 1.807) is 44.3 Å². The fourth-order valence-corrected chi connectivity index (χ4v) is 6.23. The lowest BCUT2D eigenvalue weighted by atomic mass is 9.97. The molecule has 11 heteroatoms. The molecule has 38 heavy (non-hydrogen) atoms. The van der Waals surface area contributed by atoms with Gasteiger partial charge in [-0.3, -0.25) is 4.79 Å². The number of hydrogen-bond acceptors (Lipinski definition) is 7. The van der Waals surface area contributed by atoms with E-state index >= 15 is 0 Å². The van der Waals surface area contributed by atoms with Crippen molar-refractivity contribution >= 4 is 33.0 Å². The molecule has 1 saturated carbocycles. The highest BCUT2D eigenvalue weighted by atomic mass is 35.5. The number of piperazine rings is 1. The molecule has 1 aliphatic carbocycles. The predicted molar refractivity (Wildman–Crippen MR) is 150 cm³/mol. The monoisotopic (exact) mass is 557 g/mol. The number of benzene rings is 2. The molecule has 1 saturated heterocycles. The van der Waals surface area contributed by atoms with Gasteiger partial charge >= 0.3 is 5.56 Å². The zero-order valence-corrected chi connectivity index (χ0v) is 23.1. The molecule has 0 unspecified atom stereocenters. The Labute approximate surface area is 227 Å². The predicted octanol–water partition coefficient (Wildman–Crippen LogP) is 3.44. The quantitative estimate of drug-likeness (QED) is 0.422. The molecule has 0 radical (unpaired) electrons. The maximum absolute atomic E-state index is 13.8. The first-order valence-electron chi connectivity index (χ1n) is 12.7. The lowest BCUT2D eigenvalue weighted by Crippen LogP contribution is -2.50. The van der Waals surface area contributed by atoms with Gasteiger partial charge in [0.2, 0.25) is 15.8 Å². The van der Waals surface area contributed by atoms with Gasteiger partial charge < -0.3 is 15.4 Å². The third kappa shape index (κ3) is 5.12. The minimum atomic E-state index is -3.35. The Bertz CT molecular complexity index is 1480. The summed E-state index contributed by atoms with van der Waals surface area (Å²) in [6.07, 6.45) is 3.52. The maximum Gasteiger partial charge on any atom is 0.316 e. The summed E-state index contributed by atoms with van der Waals surface area (Å²) in [5.41, 5.74) is 8.23. The second-order valence-electron chi connectivity index (χ2n) is 10.2. The number of nitrogens with zero attached hydrogens (tertiary/aromatic N) is 4. The van der Waals surface area contributed by atoms with Gasteiger partial charge in [-0.2, -0.15) is 14.1 Å². The van der Waals surface area contributed by atoms with Crippen LogP contribution in [0, 0.1) is 0 Å². The highest BCUT2D eigenvalue weighted by molar-refractivity contribution is 7.89. The zero-order valence-electron chi connectivity index (χ0n) is 21.5. The lowest BCUT2D eigenvalue weighted by Gasteiger charge is -2.36. The molecule has 2 N–H and O–H groups in total. The van der Waals surface area contributed by atoms with Crippen LogP contribution in [-0.4, -0.2) is 60.5 Å². The Morgan fingerprint density at radius 1 is 1.08 bits per heavy atom. The third-order valence-electron chi connectivity index (χ3n) is 7.37. The maximum atomic E-state index is 13.8. The van der Waals surface area contributed by atoms with Crippen molar-refractivity contribution < 1.29 is 13.2 Å². The SMILES string of the molecule is CC(C)S(=O)(=O)N1CCN(c2cnn(-c3cccc(Cl)c3)c(=O)c2OCC2(c3ccc(N)cc3)CC2)CC1. The number of nitrogen functional groups attached to an aromatic ring is 1. The Kier molecular flexibility index (Phi) is 7.15. The molecule has 0 spiro atoms. The van der Waals surface area contributed by atoms with E-state index in [4.69, 9.17) is 22.1 Å². The lowest BCUT2D eigenvalue weighted by molar-refractivity contribution is 0.272. The number of aromatic nitrogens is 2.